The molecule has 0 radical (unpaired) electrons. The van der Waals surface area contributed by atoms with E-state index in [1.807, 2.05) is 7.05 Å². The number of aromatic nitrogens is 2. The van der Waals surface area contributed by atoms with Crippen LogP contribution in [0.2, 0.25) is 0 Å². The first kappa shape index (κ1) is 14.4. The van der Waals surface area contributed by atoms with E-state index in [-0.39, 0.29) is 23.5 Å². The molecule has 1 fully saturated rings. The molecule has 2 rings (SSSR count). The number of likely N-dealkylation sites (N-methyl/N-ethyl adjacent to an activating group) is 1. The van der Waals surface area contributed by atoms with Gasteiger partial charge in [0.05, 0.1) is 12.5 Å². The normalized spacial score (nSPS) is 22.1. The number of sulfonamides is 1. The second-order valence-electron chi connectivity index (χ2n) is 3.91. The number of hydrogen-bond acceptors (Lipinski definition) is 4. The molecule has 1 aliphatic heterocycles. The van der Waals surface area contributed by atoms with E-state index in [1.54, 1.807) is 0 Å². The molecule has 0 saturated carbocycles. The summed E-state index contributed by atoms with van der Waals surface area (Å²) in [5.74, 6) is 0. The van der Waals surface area contributed by atoms with Crippen LogP contribution >= 0.6 is 12.4 Å². The van der Waals surface area contributed by atoms with E-state index in [1.165, 1.54) is 16.8 Å². The van der Waals surface area contributed by atoms with E-state index >= 15 is 0 Å². The smallest absolute Gasteiger partial charge is 0.260 e. The summed E-state index contributed by atoms with van der Waals surface area (Å²) in [5, 5.41) is 3.29. The third-order valence-electron chi connectivity index (χ3n) is 2.88. The van der Waals surface area contributed by atoms with Crippen LogP contribution in [-0.2, 0) is 10.0 Å². The van der Waals surface area contributed by atoms with E-state index in [2.05, 4.69) is 15.3 Å². The van der Waals surface area contributed by atoms with Crippen LogP contribution in [0, 0.1) is 0 Å². The van der Waals surface area contributed by atoms with E-state index in [0.29, 0.717) is 13.1 Å². The molecule has 8 heteroatoms. The van der Waals surface area contributed by atoms with Gasteiger partial charge in [-0.05, 0) is 19.9 Å². The summed E-state index contributed by atoms with van der Waals surface area (Å²) in [6.07, 6.45) is 4.63. The molecule has 6 nitrogen and oxygen atoms in total. The minimum absolute atomic E-state index is 0. The van der Waals surface area contributed by atoms with Gasteiger partial charge >= 0.3 is 0 Å². The van der Waals surface area contributed by atoms with Crippen molar-refractivity contribution < 1.29 is 8.42 Å². The second-order valence-corrected chi connectivity index (χ2v) is 5.81. The molecule has 0 bridgehead atoms. The van der Waals surface area contributed by atoms with Crippen LogP contribution in [0.25, 0.3) is 0 Å². The number of piperidine rings is 1. The Labute approximate surface area is 107 Å². The summed E-state index contributed by atoms with van der Waals surface area (Å²) in [6, 6.07) is 0.242. The standard InChI is InChI=1S/C9H16N4O2S.ClH/c1-10-8-3-2-4-13(6-8)16(14,15)9-5-11-7-12-9;/h5,7-8,10H,2-4,6H2,1H3,(H,11,12);1H. The van der Waals surface area contributed by atoms with Crippen molar-refractivity contribution in [1.82, 2.24) is 19.6 Å². The molecule has 0 aromatic carbocycles. The SMILES string of the molecule is CNC1CCCN(S(=O)(=O)c2cnc[nH]2)C1.Cl. The fraction of sp³-hybridized carbons (Fsp3) is 0.667. The maximum absolute atomic E-state index is 12.1. The van der Waals surface area contributed by atoms with Crippen LogP contribution in [0.1, 0.15) is 12.8 Å². The minimum atomic E-state index is -3.39. The lowest BCUT2D eigenvalue weighted by Gasteiger charge is -2.31. The molecule has 1 aromatic heterocycles. The minimum Gasteiger partial charge on any atom is -0.335 e. The molecule has 2 N–H and O–H groups in total. The lowest BCUT2D eigenvalue weighted by molar-refractivity contribution is 0.292. The summed E-state index contributed by atoms with van der Waals surface area (Å²) in [4.78, 5) is 6.39. The highest BCUT2D eigenvalue weighted by Crippen LogP contribution is 2.18. The third-order valence-corrected chi connectivity index (χ3v) is 4.67. The highest BCUT2D eigenvalue weighted by Gasteiger charge is 2.30. The maximum Gasteiger partial charge on any atom is 0.260 e. The quantitative estimate of drug-likeness (QED) is 0.829. The van der Waals surface area contributed by atoms with Gasteiger partial charge in [0.2, 0.25) is 0 Å². The lowest BCUT2D eigenvalue weighted by Crippen LogP contribution is -2.46. The van der Waals surface area contributed by atoms with Crippen LogP contribution in [0.4, 0.5) is 0 Å². The average molecular weight is 281 g/mol. The van der Waals surface area contributed by atoms with Gasteiger partial charge in [0.25, 0.3) is 10.0 Å². The van der Waals surface area contributed by atoms with Crippen LogP contribution < -0.4 is 5.32 Å². The summed E-state index contributed by atoms with van der Waals surface area (Å²) < 4.78 is 25.8. The predicted molar refractivity (Wildman–Crippen MR) is 66.7 cm³/mol. The molecular weight excluding hydrogens is 264 g/mol. The molecule has 1 aliphatic rings. The molecule has 17 heavy (non-hydrogen) atoms. The molecule has 0 aliphatic carbocycles. The van der Waals surface area contributed by atoms with Gasteiger partial charge in [-0.25, -0.2) is 13.4 Å². The van der Waals surface area contributed by atoms with Crippen molar-refractivity contribution in [3.05, 3.63) is 12.5 Å². The van der Waals surface area contributed by atoms with Crippen LogP contribution in [0.3, 0.4) is 0 Å². The Bertz CT molecular complexity index is 434. The van der Waals surface area contributed by atoms with Crippen LogP contribution in [0.5, 0.6) is 0 Å². The predicted octanol–water partition coefficient (Wildman–Crippen LogP) is 0.204. The van der Waals surface area contributed by atoms with E-state index in [9.17, 15) is 8.42 Å². The number of aromatic amines is 1. The number of nitrogens with zero attached hydrogens (tertiary/aromatic N) is 2. The van der Waals surface area contributed by atoms with Crippen molar-refractivity contribution in [2.75, 3.05) is 20.1 Å². The molecular formula is C9H17ClN4O2S. The average Bonchev–Trinajstić information content (AvgIpc) is 2.83. The van der Waals surface area contributed by atoms with Crippen molar-refractivity contribution in [2.24, 2.45) is 0 Å². The molecule has 98 valence electrons. The van der Waals surface area contributed by atoms with Gasteiger partial charge < -0.3 is 10.3 Å². The van der Waals surface area contributed by atoms with Crippen molar-refractivity contribution in [3.63, 3.8) is 0 Å². The Morgan fingerprint density at radius 3 is 2.94 bits per heavy atom. The monoisotopic (exact) mass is 280 g/mol. The second kappa shape index (κ2) is 5.81. The Hall–Kier alpha value is -0.630. The van der Waals surface area contributed by atoms with E-state index in [0.717, 1.165) is 12.8 Å². The van der Waals surface area contributed by atoms with E-state index < -0.39 is 10.0 Å². The molecule has 1 aromatic rings. The van der Waals surface area contributed by atoms with Gasteiger partial charge in [0.1, 0.15) is 0 Å². The zero-order valence-electron chi connectivity index (χ0n) is 9.59. The first-order valence-electron chi connectivity index (χ1n) is 5.30. The Balaban J connectivity index is 0.00000144. The zero-order valence-corrected chi connectivity index (χ0v) is 11.2. The van der Waals surface area contributed by atoms with Crippen molar-refractivity contribution in [3.8, 4) is 0 Å². The molecule has 2 heterocycles. The topological polar surface area (TPSA) is 78.1 Å². The molecule has 1 atom stereocenters. The third kappa shape index (κ3) is 2.98. The first-order valence-corrected chi connectivity index (χ1v) is 6.74. The zero-order chi connectivity index (χ0) is 11.6. The van der Waals surface area contributed by atoms with Crippen molar-refractivity contribution >= 4 is 22.4 Å². The number of halogens is 1. The van der Waals surface area contributed by atoms with Gasteiger partial charge in [-0.3, -0.25) is 0 Å². The number of rotatable bonds is 3. The fourth-order valence-electron chi connectivity index (χ4n) is 1.92. The van der Waals surface area contributed by atoms with Crippen LogP contribution in [0.15, 0.2) is 17.6 Å². The summed E-state index contributed by atoms with van der Waals surface area (Å²) in [6.45, 7) is 1.11. The van der Waals surface area contributed by atoms with Gasteiger partial charge in [-0.15, -0.1) is 12.4 Å². The number of imidazole rings is 1. The summed E-state index contributed by atoms with van der Waals surface area (Å²) >= 11 is 0. The van der Waals surface area contributed by atoms with E-state index in [4.69, 9.17) is 0 Å². The fourth-order valence-corrected chi connectivity index (χ4v) is 3.34. The largest absolute Gasteiger partial charge is 0.335 e. The summed E-state index contributed by atoms with van der Waals surface area (Å²) in [7, 11) is -1.53. The molecule has 1 unspecified atom stereocenters. The molecule has 0 spiro atoms. The Morgan fingerprint density at radius 1 is 1.59 bits per heavy atom. The van der Waals surface area contributed by atoms with Gasteiger partial charge in [0.15, 0.2) is 5.03 Å². The number of hydrogen-bond donors (Lipinski definition) is 2. The summed E-state index contributed by atoms with van der Waals surface area (Å²) in [5.41, 5.74) is 0. The number of H-pyrrole nitrogens is 1. The lowest BCUT2D eigenvalue weighted by atomic mass is 10.1. The van der Waals surface area contributed by atoms with Gasteiger partial charge in [0, 0.05) is 19.1 Å². The van der Waals surface area contributed by atoms with Crippen molar-refractivity contribution in [1.29, 1.82) is 0 Å². The number of nitrogens with one attached hydrogen (secondary N) is 2. The maximum atomic E-state index is 12.1. The molecule has 1 saturated heterocycles. The van der Waals surface area contributed by atoms with Crippen LogP contribution in [-0.4, -0.2) is 48.9 Å². The van der Waals surface area contributed by atoms with Crippen molar-refractivity contribution in [2.45, 2.75) is 23.9 Å². The van der Waals surface area contributed by atoms with Gasteiger partial charge in [-0.1, -0.05) is 0 Å². The Morgan fingerprint density at radius 2 is 2.35 bits per heavy atom. The highest BCUT2D eigenvalue weighted by molar-refractivity contribution is 7.89. The van der Waals surface area contributed by atoms with Gasteiger partial charge in [-0.2, -0.15) is 4.31 Å². The Kier molecular flexibility index (Phi) is 4.93. The first-order chi connectivity index (χ1) is 7.64. The molecule has 0 amide bonds. The highest BCUT2D eigenvalue weighted by atomic mass is 35.5.